The number of carbonyl (C=O) groups is 1. The Labute approximate surface area is 105 Å². The fourth-order valence-electron chi connectivity index (χ4n) is 1.07. The van der Waals surface area contributed by atoms with Gasteiger partial charge in [-0.3, -0.25) is 14.9 Å². The van der Waals surface area contributed by atoms with Crippen molar-refractivity contribution in [3.63, 3.8) is 0 Å². The molecule has 1 rings (SSSR count). The summed E-state index contributed by atoms with van der Waals surface area (Å²) in [7, 11) is -4.20. The van der Waals surface area contributed by atoms with Gasteiger partial charge in [0.05, 0.1) is 9.95 Å². The first-order valence-electron chi connectivity index (χ1n) is 3.85. The van der Waals surface area contributed by atoms with Crippen molar-refractivity contribution in [2.45, 2.75) is 4.90 Å². The van der Waals surface area contributed by atoms with Gasteiger partial charge in [-0.15, -0.1) is 0 Å². The van der Waals surface area contributed by atoms with Crippen molar-refractivity contribution in [2.75, 3.05) is 0 Å². The third-order valence-electron chi connectivity index (χ3n) is 1.77. The summed E-state index contributed by atoms with van der Waals surface area (Å²) in [5, 5.41) is 13.8. The van der Waals surface area contributed by atoms with Crippen LogP contribution in [0, 0.1) is 10.1 Å². The summed E-state index contributed by atoms with van der Waals surface area (Å²) in [6.07, 6.45) is 0. The van der Waals surface area contributed by atoms with Crippen LogP contribution in [-0.4, -0.2) is 18.6 Å². The van der Waals surface area contributed by atoms with Crippen LogP contribution in [0.25, 0.3) is 0 Å². The van der Waals surface area contributed by atoms with Crippen LogP contribution in [0.1, 0.15) is 10.4 Å². The minimum Gasteiger partial charge on any atom is -0.275 e. The Morgan fingerprint density at radius 1 is 1.41 bits per heavy atom. The van der Waals surface area contributed by atoms with E-state index < -0.39 is 41.4 Å². The molecule has 0 spiro atoms. The van der Waals surface area contributed by atoms with Crippen molar-refractivity contribution < 1.29 is 18.1 Å². The van der Waals surface area contributed by atoms with Gasteiger partial charge in [0.1, 0.15) is 10.5 Å². The molecular weight excluding hydrogens is 295 g/mol. The lowest BCUT2D eigenvalue weighted by molar-refractivity contribution is -0.385. The van der Waals surface area contributed by atoms with Crippen LogP contribution in [0.4, 0.5) is 5.69 Å². The summed E-state index contributed by atoms with van der Waals surface area (Å²) >= 11 is 10.6. The zero-order valence-electron chi connectivity index (χ0n) is 7.88. The predicted octanol–water partition coefficient (Wildman–Crippen LogP) is 1.27. The second-order valence-electron chi connectivity index (χ2n) is 2.88. The second-order valence-corrected chi connectivity index (χ2v) is 5.16. The van der Waals surface area contributed by atoms with Crippen molar-refractivity contribution in [2.24, 2.45) is 5.14 Å². The lowest BCUT2D eigenvalue weighted by Crippen LogP contribution is -2.14. The van der Waals surface area contributed by atoms with Gasteiger partial charge in [0.15, 0.2) is 0 Å². The maximum absolute atomic E-state index is 11.1. The molecule has 0 fully saturated rings. The fraction of sp³-hybridized carbons (Fsp3) is 0. The van der Waals surface area contributed by atoms with Crippen molar-refractivity contribution in [3.05, 3.63) is 32.8 Å². The lowest BCUT2D eigenvalue weighted by atomic mass is 10.2. The number of hydrogen-bond donors (Lipinski definition) is 1. The first kappa shape index (κ1) is 13.8. The third kappa shape index (κ3) is 2.91. The summed E-state index contributed by atoms with van der Waals surface area (Å²) in [6.45, 7) is 0. The maximum Gasteiger partial charge on any atom is 0.283 e. The van der Waals surface area contributed by atoms with Gasteiger partial charge < -0.3 is 0 Å². The van der Waals surface area contributed by atoms with Crippen LogP contribution in [0.2, 0.25) is 5.02 Å². The minimum absolute atomic E-state index is 0.458. The van der Waals surface area contributed by atoms with Gasteiger partial charge in [-0.2, -0.15) is 0 Å². The smallest absolute Gasteiger partial charge is 0.275 e. The molecule has 0 aliphatic rings. The van der Waals surface area contributed by atoms with E-state index >= 15 is 0 Å². The lowest BCUT2D eigenvalue weighted by Gasteiger charge is -2.04. The average molecular weight is 299 g/mol. The molecule has 0 bridgehead atoms. The average Bonchev–Trinajstić information content (AvgIpc) is 2.14. The molecule has 1 aromatic carbocycles. The van der Waals surface area contributed by atoms with Crippen LogP contribution in [0.3, 0.4) is 0 Å². The highest BCUT2D eigenvalue weighted by Gasteiger charge is 2.25. The number of rotatable bonds is 3. The SMILES string of the molecule is NS(=O)(=O)c1cc(C(=O)Cl)c([N+](=O)[O-])cc1Cl. The highest BCUT2D eigenvalue weighted by Crippen LogP contribution is 2.30. The van der Waals surface area contributed by atoms with Crippen LogP contribution in [0.5, 0.6) is 0 Å². The number of nitrogens with zero attached hydrogens (tertiary/aromatic N) is 1. The molecule has 0 saturated carbocycles. The third-order valence-corrected chi connectivity index (χ3v) is 3.34. The van der Waals surface area contributed by atoms with E-state index in [0.29, 0.717) is 12.1 Å². The number of nitro groups is 1. The summed E-state index contributed by atoms with van der Waals surface area (Å²) in [5.41, 5.74) is -1.28. The van der Waals surface area contributed by atoms with Crippen molar-refractivity contribution in [1.29, 1.82) is 0 Å². The van der Waals surface area contributed by atoms with Crippen LogP contribution in [-0.2, 0) is 10.0 Å². The van der Waals surface area contributed by atoms with E-state index in [9.17, 15) is 23.3 Å². The summed E-state index contributed by atoms with van der Waals surface area (Å²) in [5.74, 6) is 0. The Morgan fingerprint density at radius 2 is 1.94 bits per heavy atom. The van der Waals surface area contributed by atoms with Crippen molar-refractivity contribution >= 4 is 44.2 Å². The number of benzene rings is 1. The number of sulfonamides is 1. The van der Waals surface area contributed by atoms with E-state index in [0.717, 1.165) is 0 Å². The topological polar surface area (TPSA) is 120 Å². The molecule has 0 aliphatic carbocycles. The summed E-state index contributed by atoms with van der Waals surface area (Å²) < 4.78 is 22.2. The minimum atomic E-state index is -4.20. The highest BCUT2D eigenvalue weighted by atomic mass is 35.5. The second kappa shape index (κ2) is 4.57. The van der Waals surface area contributed by atoms with Gasteiger partial charge in [-0.25, -0.2) is 13.6 Å². The largest absolute Gasteiger partial charge is 0.283 e. The van der Waals surface area contributed by atoms with Crippen LogP contribution in [0.15, 0.2) is 17.0 Å². The summed E-state index contributed by atoms with van der Waals surface area (Å²) in [6, 6.07) is 1.38. The molecule has 0 heterocycles. The number of nitro benzene ring substituents is 1. The monoisotopic (exact) mass is 298 g/mol. The molecule has 0 unspecified atom stereocenters. The van der Waals surface area contributed by atoms with E-state index in [-0.39, 0.29) is 0 Å². The van der Waals surface area contributed by atoms with Gasteiger partial charge >= 0.3 is 0 Å². The predicted molar refractivity (Wildman–Crippen MR) is 59.7 cm³/mol. The van der Waals surface area contributed by atoms with E-state index in [4.69, 9.17) is 28.3 Å². The Kier molecular flexibility index (Phi) is 3.72. The van der Waals surface area contributed by atoms with Gasteiger partial charge in [-0.05, 0) is 17.7 Å². The first-order valence-corrected chi connectivity index (χ1v) is 6.15. The molecule has 0 aromatic heterocycles. The molecule has 1 aromatic rings. The van der Waals surface area contributed by atoms with Gasteiger partial charge in [0.2, 0.25) is 10.0 Å². The molecule has 0 saturated heterocycles. The molecule has 0 atom stereocenters. The van der Waals surface area contributed by atoms with E-state index in [2.05, 4.69) is 0 Å². The highest BCUT2D eigenvalue weighted by molar-refractivity contribution is 7.89. The molecule has 7 nitrogen and oxygen atoms in total. The van der Waals surface area contributed by atoms with Crippen LogP contribution >= 0.6 is 23.2 Å². The Hall–Kier alpha value is -1.22. The number of halogens is 2. The Balaban J connectivity index is 3.69. The molecule has 0 radical (unpaired) electrons. The van der Waals surface area contributed by atoms with E-state index in [1.54, 1.807) is 0 Å². The summed E-state index contributed by atoms with van der Waals surface area (Å²) in [4.78, 5) is 20.0. The zero-order chi connectivity index (χ0) is 13.4. The molecule has 2 N–H and O–H groups in total. The quantitative estimate of drug-likeness (QED) is 0.512. The van der Waals surface area contributed by atoms with Gasteiger partial charge in [0.25, 0.3) is 10.9 Å². The number of hydrogen-bond acceptors (Lipinski definition) is 5. The Bertz CT molecular complexity index is 613. The molecule has 10 heteroatoms. The van der Waals surface area contributed by atoms with Gasteiger partial charge in [0, 0.05) is 6.07 Å². The molecule has 17 heavy (non-hydrogen) atoms. The van der Waals surface area contributed by atoms with Crippen molar-refractivity contribution in [3.8, 4) is 0 Å². The van der Waals surface area contributed by atoms with Gasteiger partial charge in [-0.1, -0.05) is 11.6 Å². The Morgan fingerprint density at radius 3 is 2.29 bits per heavy atom. The molecule has 0 aliphatic heterocycles. The maximum atomic E-state index is 11.1. The van der Waals surface area contributed by atoms with E-state index in [1.807, 2.05) is 0 Å². The van der Waals surface area contributed by atoms with E-state index in [1.165, 1.54) is 0 Å². The zero-order valence-corrected chi connectivity index (χ0v) is 10.2. The standard InChI is InChI=1S/C7H4Cl2N2O5S/c8-4-2-5(11(13)14)3(7(9)12)1-6(4)17(10,15)16/h1-2H,(H2,10,15,16). The first-order chi connectivity index (χ1) is 7.64. The fourth-order valence-corrected chi connectivity index (χ4v) is 2.31. The molecular formula is C7H4Cl2N2O5S. The van der Waals surface area contributed by atoms with Crippen molar-refractivity contribution in [1.82, 2.24) is 0 Å². The normalized spacial score (nSPS) is 11.2. The van der Waals surface area contributed by atoms with Crippen LogP contribution < -0.4 is 5.14 Å². The molecule has 92 valence electrons. The molecule has 0 amide bonds. The number of carbonyl (C=O) groups excluding carboxylic acids is 1. The number of primary sulfonamides is 1. The number of nitrogens with two attached hydrogens (primary N) is 1.